The van der Waals surface area contributed by atoms with Gasteiger partial charge in [-0.1, -0.05) is 6.07 Å². The third kappa shape index (κ3) is 2.76. The molecule has 1 heterocycles. The van der Waals surface area contributed by atoms with Crippen LogP contribution in [0.1, 0.15) is 11.6 Å². The largest absolute Gasteiger partial charge is 0.496 e. The van der Waals surface area contributed by atoms with Crippen molar-refractivity contribution in [3.05, 3.63) is 23.8 Å². The number of rotatable bonds is 3. The highest BCUT2D eigenvalue weighted by molar-refractivity contribution is 5.95. The van der Waals surface area contributed by atoms with E-state index in [0.717, 1.165) is 5.56 Å². The minimum absolute atomic E-state index is 0.131. The molecule has 108 valence electrons. The van der Waals surface area contributed by atoms with E-state index in [0.29, 0.717) is 24.0 Å². The van der Waals surface area contributed by atoms with Gasteiger partial charge in [0.05, 0.1) is 39.5 Å². The van der Waals surface area contributed by atoms with Crippen LogP contribution in [0.15, 0.2) is 23.2 Å². The zero-order valence-corrected chi connectivity index (χ0v) is 11.6. The zero-order chi connectivity index (χ0) is 14.5. The molecule has 20 heavy (non-hydrogen) atoms. The summed E-state index contributed by atoms with van der Waals surface area (Å²) >= 11 is 0. The minimum atomic E-state index is -0.566. The first-order valence-corrected chi connectivity index (χ1v) is 6.06. The molecule has 1 aliphatic rings. The standard InChI is InChI=1S/C13H17N3O4/c1-18-9-5-4-6-10(19-2)11(9)8-7-14-12(15-8)16-13(17)20-3/h4-6,8H,7H2,1-3H3,(H2,14,15,16,17). The lowest BCUT2D eigenvalue weighted by Crippen LogP contribution is -2.39. The van der Waals surface area contributed by atoms with Crippen LogP contribution in [0.4, 0.5) is 4.79 Å². The number of aliphatic imine (C=N–C) groups is 1. The first kappa shape index (κ1) is 14.0. The number of nitrogens with one attached hydrogen (secondary N) is 2. The fourth-order valence-electron chi connectivity index (χ4n) is 2.05. The molecule has 1 aliphatic heterocycles. The van der Waals surface area contributed by atoms with Crippen molar-refractivity contribution in [3.63, 3.8) is 0 Å². The first-order chi connectivity index (χ1) is 9.69. The fourth-order valence-corrected chi connectivity index (χ4v) is 2.05. The molecule has 0 aromatic heterocycles. The van der Waals surface area contributed by atoms with Gasteiger partial charge in [0, 0.05) is 0 Å². The highest BCUT2D eigenvalue weighted by Gasteiger charge is 2.26. The van der Waals surface area contributed by atoms with Crippen LogP contribution in [0.5, 0.6) is 11.5 Å². The maximum Gasteiger partial charge on any atom is 0.413 e. The minimum Gasteiger partial charge on any atom is -0.496 e. The maximum absolute atomic E-state index is 11.2. The van der Waals surface area contributed by atoms with Crippen molar-refractivity contribution >= 4 is 12.1 Å². The molecule has 0 spiro atoms. The predicted molar refractivity (Wildman–Crippen MR) is 73.3 cm³/mol. The van der Waals surface area contributed by atoms with E-state index in [1.165, 1.54) is 7.11 Å². The number of hydrogen-bond donors (Lipinski definition) is 2. The topological polar surface area (TPSA) is 81.2 Å². The summed E-state index contributed by atoms with van der Waals surface area (Å²) < 4.78 is 15.2. The van der Waals surface area contributed by atoms with Crippen molar-refractivity contribution < 1.29 is 19.0 Å². The number of nitrogens with zero attached hydrogens (tertiary/aromatic N) is 1. The molecule has 0 radical (unpaired) electrons. The number of ether oxygens (including phenoxy) is 3. The molecule has 0 fully saturated rings. The molecular weight excluding hydrogens is 262 g/mol. The number of amides is 1. The molecule has 1 amide bonds. The summed E-state index contributed by atoms with van der Waals surface area (Å²) in [6.07, 6.45) is -0.566. The van der Waals surface area contributed by atoms with Crippen molar-refractivity contribution in [2.45, 2.75) is 6.04 Å². The van der Waals surface area contributed by atoms with Crippen LogP contribution in [0.2, 0.25) is 0 Å². The normalized spacial score (nSPS) is 16.9. The number of benzene rings is 1. The molecule has 0 saturated heterocycles. The molecule has 2 rings (SSSR count). The lowest BCUT2D eigenvalue weighted by atomic mass is 10.0. The van der Waals surface area contributed by atoms with Crippen LogP contribution < -0.4 is 20.1 Å². The van der Waals surface area contributed by atoms with Gasteiger partial charge in [-0.05, 0) is 12.1 Å². The number of guanidine groups is 1. The van der Waals surface area contributed by atoms with Gasteiger partial charge in [0.25, 0.3) is 0 Å². The smallest absolute Gasteiger partial charge is 0.413 e. The van der Waals surface area contributed by atoms with Gasteiger partial charge in [0.2, 0.25) is 5.96 Å². The fraction of sp³-hybridized carbons (Fsp3) is 0.385. The highest BCUT2D eigenvalue weighted by Crippen LogP contribution is 2.35. The van der Waals surface area contributed by atoms with Gasteiger partial charge in [-0.15, -0.1) is 0 Å². The summed E-state index contributed by atoms with van der Waals surface area (Å²) in [5.74, 6) is 1.78. The van der Waals surface area contributed by atoms with E-state index in [2.05, 4.69) is 20.4 Å². The zero-order valence-electron chi connectivity index (χ0n) is 11.6. The Kier molecular flexibility index (Phi) is 4.29. The Bertz CT molecular complexity index is 508. The Morgan fingerprint density at radius 3 is 2.50 bits per heavy atom. The van der Waals surface area contributed by atoms with E-state index in [1.54, 1.807) is 14.2 Å². The van der Waals surface area contributed by atoms with E-state index in [4.69, 9.17) is 9.47 Å². The van der Waals surface area contributed by atoms with Crippen molar-refractivity contribution in [2.75, 3.05) is 27.9 Å². The van der Waals surface area contributed by atoms with E-state index in [-0.39, 0.29) is 6.04 Å². The quantitative estimate of drug-likeness (QED) is 0.864. The highest BCUT2D eigenvalue weighted by atomic mass is 16.5. The van der Waals surface area contributed by atoms with Gasteiger partial charge in [-0.25, -0.2) is 4.79 Å². The Labute approximate surface area is 116 Å². The van der Waals surface area contributed by atoms with Gasteiger partial charge >= 0.3 is 6.09 Å². The Hall–Kier alpha value is -2.44. The van der Waals surface area contributed by atoms with Crippen LogP contribution in [-0.4, -0.2) is 39.9 Å². The number of alkyl carbamates (subject to hydrolysis) is 1. The third-order valence-corrected chi connectivity index (χ3v) is 2.96. The van der Waals surface area contributed by atoms with E-state index < -0.39 is 6.09 Å². The molecule has 1 aromatic rings. The van der Waals surface area contributed by atoms with E-state index in [9.17, 15) is 4.79 Å². The summed E-state index contributed by atoms with van der Waals surface area (Å²) in [5, 5.41) is 5.60. The van der Waals surface area contributed by atoms with Gasteiger partial charge in [-0.3, -0.25) is 10.3 Å². The van der Waals surface area contributed by atoms with E-state index in [1.807, 2.05) is 18.2 Å². The van der Waals surface area contributed by atoms with E-state index >= 15 is 0 Å². The summed E-state index contributed by atoms with van der Waals surface area (Å²) in [5.41, 5.74) is 0.864. The molecule has 2 N–H and O–H groups in total. The summed E-state index contributed by atoms with van der Waals surface area (Å²) in [6, 6.07) is 5.43. The van der Waals surface area contributed by atoms with Gasteiger partial charge in [-0.2, -0.15) is 0 Å². The Morgan fingerprint density at radius 2 is 1.95 bits per heavy atom. The number of carbonyl (C=O) groups excluding carboxylic acids is 1. The number of hydrogen-bond acceptors (Lipinski definition) is 6. The van der Waals surface area contributed by atoms with Crippen LogP contribution >= 0.6 is 0 Å². The Balaban J connectivity index is 2.17. The third-order valence-electron chi connectivity index (χ3n) is 2.96. The molecule has 0 aliphatic carbocycles. The molecule has 1 unspecified atom stereocenters. The second-order valence-electron chi connectivity index (χ2n) is 4.08. The molecule has 1 atom stereocenters. The first-order valence-electron chi connectivity index (χ1n) is 6.06. The lowest BCUT2D eigenvalue weighted by Gasteiger charge is -2.18. The van der Waals surface area contributed by atoms with Crippen molar-refractivity contribution in [1.29, 1.82) is 0 Å². The molecule has 1 aromatic carbocycles. The van der Waals surface area contributed by atoms with Gasteiger partial charge in [0.15, 0.2) is 0 Å². The summed E-state index contributed by atoms with van der Waals surface area (Å²) in [6.45, 7) is 0.468. The number of carbonyl (C=O) groups is 1. The van der Waals surface area contributed by atoms with Gasteiger partial charge in [0.1, 0.15) is 11.5 Å². The average Bonchev–Trinajstić information content (AvgIpc) is 2.94. The molecular formula is C13H17N3O4. The summed E-state index contributed by atoms with van der Waals surface area (Å²) in [4.78, 5) is 15.4. The molecule has 7 heteroatoms. The van der Waals surface area contributed by atoms with Gasteiger partial charge < -0.3 is 19.5 Å². The molecule has 0 saturated carbocycles. The predicted octanol–water partition coefficient (Wildman–Crippen LogP) is 1.06. The van der Waals surface area contributed by atoms with Crippen LogP contribution in [0.25, 0.3) is 0 Å². The Morgan fingerprint density at radius 1 is 1.30 bits per heavy atom. The van der Waals surface area contributed by atoms with Crippen LogP contribution in [0.3, 0.4) is 0 Å². The average molecular weight is 279 g/mol. The molecule has 7 nitrogen and oxygen atoms in total. The summed E-state index contributed by atoms with van der Waals surface area (Å²) in [7, 11) is 4.50. The van der Waals surface area contributed by atoms with Crippen LogP contribution in [-0.2, 0) is 4.74 Å². The second kappa shape index (κ2) is 6.14. The SMILES string of the molecule is COC(=O)NC1=NCC(c2c(OC)cccc2OC)N1. The second-order valence-corrected chi connectivity index (χ2v) is 4.08. The monoisotopic (exact) mass is 279 g/mol. The van der Waals surface area contributed by atoms with Crippen molar-refractivity contribution in [2.24, 2.45) is 4.99 Å². The number of methoxy groups -OCH3 is 3. The van der Waals surface area contributed by atoms with Crippen molar-refractivity contribution in [1.82, 2.24) is 10.6 Å². The maximum atomic E-state index is 11.2. The van der Waals surface area contributed by atoms with Crippen LogP contribution in [0, 0.1) is 0 Å². The lowest BCUT2D eigenvalue weighted by molar-refractivity contribution is 0.176. The van der Waals surface area contributed by atoms with Crippen molar-refractivity contribution in [3.8, 4) is 11.5 Å². The molecule has 0 bridgehead atoms.